The second-order valence-corrected chi connectivity index (χ2v) is 10.0. The number of thiophene rings is 1. The van der Waals surface area contributed by atoms with Gasteiger partial charge in [0.2, 0.25) is 5.13 Å². The van der Waals surface area contributed by atoms with E-state index in [1.54, 1.807) is 11.3 Å². The minimum Gasteiger partial charge on any atom is -0.357 e. The third-order valence-electron chi connectivity index (χ3n) is 4.67. The van der Waals surface area contributed by atoms with Gasteiger partial charge in [-0.15, -0.1) is 21.5 Å². The summed E-state index contributed by atoms with van der Waals surface area (Å²) in [4.78, 5) is 14.1. The van der Waals surface area contributed by atoms with Crippen LogP contribution in [-0.4, -0.2) is 32.3 Å². The maximum atomic E-state index is 12.7. The van der Waals surface area contributed by atoms with Gasteiger partial charge in [-0.25, -0.2) is 0 Å². The molecule has 0 atom stereocenters. The maximum Gasteiger partial charge on any atom is 0.206 e. The zero-order valence-corrected chi connectivity index (χ0v) is 17.8. The minimum absolute atomic E-state index is 0.155. The zero-order chi connectivity index (χ0) is 18.8. The Labute approximate surface area is 171 Å². The zero-order valence-electron chi connectivity index (χ0n) is 15.4. The third-order valence-corrected chi connectivity index (χ3v) is 7.60. The molecule has 0 aliphatic heterocycles. The number of aromatic nitrogens is 3. The molecule has 0 aromatic carbocycles. The second kappa shape index (κ2) is 8.16. The monoisotopic (exact) mass is 418 g/mol. The van der Waals surface area contributed by atoms with Crippen molar-refractivity contribution in [2.75, 3.05) is 11.1 Å². The number of Topliss-reactive ketones (excluding diaryl/α,β-unsaturated/α-hetero) is 1. The van der Waals surface area contributed by atoms with E-state index in [2.05, 4.69) is 44.5 Å². The van der Waals surface area contributed by atoms with E-state index >= 15 is 0 Å². The van der Waals surface area contributed by atoms with Crippen LogP contribution < -0.4 is 5.32 Å². The Hall–Kier alpha value is -1.64. The summed E-state index contributed by atoms with van der Waals surface area (Å²) in [6.07, 6.45) is 3.42. The van der Waals surface area contributed by atoms with Gasteiger partial charge in [0, 0.05) is 34.4 Å². The van der Waals surface area contributed by atoms with Crippen LogP contribution in [0.4, 0.5) is 5.13 Å². The molecule has 8 heteroatoms. The number of hydrogen-bond acceptors (Lipinski definition) is 7. The van der Waals surface area contributed by atoms with Crippen LogP contribution in [0.1, 0.15) is 39.5 Å². The molecule has 1 aliphatic carbocycles. The van der Waals surface area contributed by atoms with Gasteiger partial charge in [0.25, 0.3) is 0 Å². The number of nitrogens with one attached hydrogen (secondary N) is 1. The van der Waals surface area contributed by atoms with E-state index in [1.165, 1.54) is 40.8 Å². The number of aryl methyl sites for hydroxylation is 2. The molecule has 3 aromatic heterocycles. The molecule has 3 heterocycles. The van der Waals surface area contributed by atoms with Gasteiger partial charge in [-0.3, -0.25) is 4.79 Å². The molecule has 0 bridgehead atoms. The van der Waals surface area contributed by atoms with Crippen molar-refractivity contribution >= 4 is 45.4 Å². The van der Waals surface area contributed by atoms with Gasteiger partial charge in [0.1, 0.15) is 0 Å². The summed E-state index contributed by atoms with van der Waals surface area (Å²) in [5.74, 6) is 0.551. The number of hydrogen-bond donors (Lipinski definition) is 1. The Morgan fingerprint density at radius 2 is 2.22 bits per heavy atom. The molecule has 27 heavy (non-hydrogen) atoms. The van der Waals surface area contributed by atoms with E-state index in [-0.39, 0.29) is 5.78 Å². The Kier molecular flexibility index (Phi) is 5.66. The first-order chi connectivity index (χ1) is 13.1. The molecule has 1 aliphatic rings. The molecule has 4 rings (SSSR count). The summed E-state index contributed by atoms with van der Waals surface area (Å²) in [6, 6.07) is 6.83. The fourth-order valence-electron chi connectivity index (χ4n) is 3.04. The highest BCUT2D eigenvalue weighted by atomic mass is 32.2. The molecular formula is C19H22N4OS3. The lowest BCUT2D eigenvalue weighted by molar-refractivity contribution is 0.102. The average molecular weight is 419 g/mol. The van der Waals surface area contributed by atoms with E-state index in [4.69, 9.17) is 0 Å². The molecule has 1 N–H and O–H groups in total. The molecule has 3 aromatic rings. The molecule has 5 nitrogen and oxygen atoms in total. The first kappa shape index (κ1) is 18.7. The Balaban J connectivity index is 1.36. The van der Waals surface area contributed by atoms with Crippen molar-refractivity contribution in [3.8, 4) is 0 Å². The first-order valence-corrected chi connectivity index (χ1v) is 11.7. The van der Waals surface area contributed by atoms with Gasteiger partial charge in [-0.2, -0.15) is 0 Å². The predicted molar refractivity (Wildman–Crippen MR) is 114 cm³/mol. The molecule has 0 spiro atoms. The van der Waals surface area contributed by atoms with Crippen LogP contribution in [0, 0.1) is 13.8 Å². The fourth-order valence-corrected chi connectivity index (χ4v) is 5.45. The smallest absolute Gasteiger partial charge is 0.206 e. The Bertz CT molecular complexity index is 925. The SMILES string of the molecule is Cc1cc(C(=O)CSc2nnc(NC3CC3)s2)c(C)n1CCc1cccs1. The molecule has 0 radical (unpaired) electrons. The highest BCUT2D eigenvalue weighted by Crippen LogP contribution is 2.30. The van der Waals surface area contributed by atoms with Crippen LogP contribution in [0.2, 0.25) is 0 Å². The van der Waals surface area contributed by atoms with Crippen LogP contribution >= 0.6 is 34.4 Å². The van der Waals surface area contributed by atoms with Crippen LogP contribution in [0.15, 0.2) is 27.9 Å². The Morgan fingerprint density at radius 1 is 1.37 bits per heavy atom. The van der Waals surface area contributed by atoms with Gasteiger partial charge >= 0.3 is 0 Å². The van der Waals surface area contributed by atoms with E-state index in [0.717, 1.165) is 39.4 Å². The van der Waals surface area contributed by atoms with Crippen LogP contribution in [0.5, 0.6) is 0 Å². The summed E-state index contributed by atoms with van der Waals surface area (Å²) in [6.45, 7) is 5.03. The standard InChI is InChI=1S/C19H22N4OS3/c1-12-10-16(13(2)23(12)8-7-15-4-3-9-25-15)17(24)11-26-19-22-21-18(27-19)20-14-5-6-14/h3-4,9-10,14H,5-8,11H2,1-2H3,(H,20,21). The first-order valence-electron chi connectivity index (χ1n) is 9.05. The minimum atomic E-state index is 0.155. The fraction of sp³-hybridized carbons (Fsp3) is 0.421. The van der Waals surface area contributed by atoms with Gasteiger partial charge in [0.15, 0.2) is 10.1 Å². The summed E-state index contributed by atoms with van der Waals surface area (Å²) in [5, 5.41) is 14.6. The molecule has 0 unspecified atom stereocenters. The quantitative estimate of drug-likeness (QED) is 0.399. The topological polar surface area (TPSA) is 59.8 Å². The van der Waals surface area contributed by atoms with Crippen molar-refractivity contribution in [2.45, 2.75) is 50.0 Å². The average Bonchev–Trinajstić information content (AvgIpc) is 3.04. The summed E-state index contributed by atoms with van der Waals surface area (Å²) >= 11 is 4.79. The molecule has 1 fully saturated rings. The molecule has 1 saturated carbocycles. The number of thioether (sulfide) groups is 1. The lowest BCUT2D eigenvalue weighted by atomic mass is 10.2. The predicted octanol–water partition coefficient (Wildman–Crippen LogP) is 4.81. The van der Waals surface area contributed by atoms with Gasteiger partial charge in [0.05, 0.1) is 5.75 Å². The van der Waals surface area contributed by atoms with E-state index in [1.807, 2.05) is 13.0 Å². The van der Waals surface area contributed by atoms with Gasteiger partial charge < -0.3 is 9.88 Å². The van der Waals surface area contributed by atoms with E-state index < -0.39 is 0 Å². The number of ketones is 1. The van der Waals surface area contributed by atoms with Crippen molar-refractivity contribution in [1.82, 2.24) is 14.8 Å². The van der Waals surface area contributed by atoms with E-state index in [9.17, 15) is 4.79 Å². The summed E-state index contributed by atoms with van der Waals surface area (Å²) < 4.78 is 3.10. The van der Waals surface area contributed by atoms with Crippen LogP contribution in [0.3, 0.4) is 0 Å². The van der Waals surface area contributed by atoms with Crippen molar-refractivity contribution in [1.29, 1.82) is 0 Å². The van der Waals surface area contributed by atoms with Gasteiger partial charge in [-0.1, -0.05) is 29.2 Å². The lowest BCUT2D eigenvalue weighted by Gasteiger charge is -2.09. The van der Waals surface area contributed by atoms with E-state index in [0.29, 0.717) is 11.8 Å². The highest BCUT2D eigenvalue weighted by molar-refractivity contribution is 8.01. The second-order valence-electron chi connectivity index (χ2n) is 6.77. The molecule has 0 amide bonds. The van der Waals surface area contributed by atoms with Crippen LogP contribution in [0.25, 0.3) is 0 Å². The molecular weight excluding hydrogens is 396 g/mol. The third kappa shape index (κ3) is 4.62. The van der Waals surface area contributed by atoms with Crippen molar-refractivity contribution in [3.05, 3.63) is 45.4 Å². The largest absolute Gasteiger partial charge is 0.357 e. The maximum absolute atomic E-state index is 12.7. The van der Waals surface area contributed by atoms with Gasteiger partial charge in [-0.05, 0) is 50.6 Å². The summed E-state index contributed by atoms with van der Waals surface area (Å²) in [5.41, 5.74) is 3.03. The number of rotatable bonds is 9. The van der Waals surface area contributed by atoms with Crippen molar-refractivity contribution < 1.29 is 4.79 Å². The highest BCUT2D eigenvalue weighted by Gasteiger charge is 2.23. The molecule has 142 valence electrons. The number of carbonyl (C=O) groups excluding carboxylic acids is 1. The van der Waals surface area contributed by atoms with Crippen LogP contribution in [-0.2, 0) is 13.0 Å². The normalized spacial score (nSPS) is 13.9. The van der Waals surface area contributed by atoms with Crippen molar-refractivity contribution in [3.63, 3.8) is 0 Å². The number of carbonyl (C=O) groups is 1. The number of anilines is 1. The Morgan fingerprint density at radius 3 is 2.96 bits per heavy atom. The molecule has 0 saturated heterocycles. The lowest BCUT2D eigenvalue weighted by Crippen LogP contribution is -2.08. The summed E-state index contributed by atoms with van der Waals surface area (Å²) in [7, 11) is 0. The number of nitrogens with zero attached hydrogens (tertiary/aromatic N) is 3. The van der Waals surface area contributed by atoms with Crippen molar-refractivity contribution in [2.24, 2.45) is 0 Å².